The highest BCUT2D eigenvalue weighted by molar-refractivity contribution is 7.99. The predicted octanol–water partition coefficient (Wildman–Crippen LogP) is 2.89. The summed E-state index contributed by atoms with van der Waals surface area (Å²) in [4.78, 5) is 23.1. The van der Waals surface area contributed by atoms with Gasteiger partial charge in [0, 0.05) is 5.75 Å². The molecule has 1 heterocycles. The van der Waals surface area contributed by atoms with Gasteiger partial charge in [-0.1, -0.05) is 13.8 Å². The first-order valence-corrected chi connectivity index (χ1v) is 7.89. The average molecular weight is 303 g/mol. The van der Waals surface area contributed by atoms with Gasteiger partial charge in [-0.15, -0.1) is 0 Å². The Bertz CT molecular complexity index is 389. The number of carboxylic acid groups (broad SMARTS) is 1. The summed E-state index contributed by atoms with van der Waals surface area (Å²) < 4.78 is 5.26. The molecule has 1 rings (SSSR count). The van der Waals surface area contributed by atoms with E-state index in [-0.39, 0.29) is 11.8 Å². The number of ether oxygens (including phenoxy) is 1. The third-order valence-corrected chi connectivity index (χ3v) is 4.69. The van der Waals surface area contributed by atoms with Crippen molar-refractivity contribution in [2.45, 2.75) is 58.6 Å². The quantitative estimate of drug-likeness (QED) is 0.838. The normalized spacial score (nSPS) is 25.9. The third-order valence-electron chi connectivity index (χ3n) is 2.94. The van der Waals surface area contributed by atoms with Gasteiger partial charge in [-0.25, -0.2) is 4.79 Å². The van der Waals surface area contributed by atoms with Crippen LogP contribution in [0.4, 0.5) is 4.79 Å². The number of aliphatic carboxylic acids is 1. The first-order valence-electron chi connectivity index (χ1n) is 6.74. The van der Waals surface area contributed by atoms with Gasteiger partial charge >= 0.3 is 12.1 Å². The summed E-state index contributed by atoms with van der Waals surface area (Å²) in [6, 6.07) is 0. The van der Waals surface area contributed by atoms with Crippen molar-refractivity contribution in [3.63, 3.8) is 0 Å². The van der Waals surface area contributed by atoms with Gasteiger partial charge in [0.05, 0.1) is 12.0 Å². The van der Waals surface area contributed by atoms with Gasteiger partial charge in [-0.3, -0.25) is 4.79 Å². The number of carboxylic acids is 1. The van der Waals surface area contributed by atoms with Crippen LogP contribution in [0.15, 0.2) is 0 Å². The minimum Gasteiger partial charge on any atom is -0.481 e. The fourth-order valence-corrected chi connectivity index (χ4v) is 4.01. The first-order chi connectivity index (χ1) is 8.93. The van der Waals surface area contributed by atoms with Crippen LogP contribution in [0.5, 0.6) is 0 Å². The SMILES string of the molecule is CC1(C)CSCC(CC(=O)O)(NC(=O)OC(C)(C)C)C1. The molecule has 20 heavy (non-hydrogen) atoms. The molecule has 0 aliphatic carbocycles. The van der Waals surface area contributed by atoms with Gasteiger partial charge < -0.3 is 15.2 Å². The van der Waals surface area contributed by atoms with E-state index in [4.69, 9.17) is 9.84 Å². The van der Waals surface area contributed by atoms with Gasteiger partial charge in [0.25, 0.3) is 0 Å². The second-order valence-corrected chi connectivity index (χ2v) is 8.30. The lowest BCUT2D eigenvalue weighted by Gasteiger charge is -2.44. The molecule has 0 aromatic heterocycles. The van der Waals surface area contributed by atoms with E-state index in [1.165, 1.54) is 0 Å². The highest BCUT2D eigenvalue weighted by Crippen LogP contribution is 2.41. The Hall–Kier alpha value is -0.910. The summed E-state index contributed by atoms with van der Waals surface area (Å²) in [5.74, 6) is 0.658. The summed E-state index contributed by atoms with van der Waals surface area (Å²) in [6.45, 7) is 9.54. The smallest absolute Gasteiger partial charge is 0.408 e. The van der Waals surface area contributed by atoms with Gasteiger partial charge in [0.15, 0.2) is 0 Å². The number of thioether (sulfide) groups is 1. The zero-order chi connectivity index (χ0) is 15.6. The van der Waals surface area contributed by atoms with Crippen LogP contribution in [0.25, 0.3) is 0 Å². The van der Waals surface area contributed by atoms with E-state index < -0.39 is 23.2 Å². The summed E-state index contributed by atoms with van der Waals surface area (Å²) in [7, 11) is 0. The van der Waals surface area contributed by atoms with Crippen molar-refractivity contribution in [1.29, 1.82) is 0 Å². The number of amides is 1. The molecule has 6 heteroatoms. The van der Waals surface area contributed by atoms with E-state index in [9.17, 15) is 9.59 Å². The van der Waals surface area contributed by atoms with E-state index in [1.807, 2.05) is 0 Å². The summed E-state index contributed by atoms with van der Waals surface area (Å²) in [5.41, 5.74) is -1.33. The molecule has 1 saturated heterocycles. The van der Waals surface area contributed by atoms with Crippen molar-refractivity contribution < 1.29 is 19.4 Å². The molecule has 1 amide bonds. The van der Waals surface area contributed by atoms with Crippen LogP contribution < -0.4 is 5.32 Å². The van der Waals surface area contributed by atoms with Crippen molar-refractivity contribution in [2.24, 2.45) is 5.41 Å². The van der Waals surface area contributed by atoms with Gasteiger partial charge in [0.1, 0.15) is 5.60 Å². The summed E-state index contributed by atoms with van der Waals surface area (Å²) >= 11 is 1.68. The summed E-state index contributed by atoms with van der Waals surface area (Å²) in [5, 5.41) is 12.0. The lowest BCUT2D eigenvalue weighted by atomic mass is 9.78. The standard InChI is InChI=1S/C14H25NO4S/c1-12(2,3)19-11(18)15-14(6-10(16)17)7-13(4,5)8-20-9-14/h6-9H2,1-5H3,(H,15,18)(H,16,17). The summed E-state index contributed by atoms with van der Waals surface area (Å²) in [6.07, 6.45) is 0.0124. The Morgan fingerprint density at radius 1 is 1.30 bits per heavy atom. The lowest BCUT2D eigenvalue weighted by molar-refractivity contribution is -0.138. The molecule has 0 aromatic rings. The minimum absolute atomic E-state index is 0.00657. The molecule has 1 unspecified atom stereocenters. The van der Waals surface area contributed by atoms with Crippen molar-refractivity contribution >= 4 is 23.8 Å². The van der Waals surface area contributed by atoms with E-state index >= 15 is 0 Å². The molecule has 5 nitrogen and oxygen atoms in total. The molecule has 2 N–H and O–H groups in total. The van der Waals surface area contributed by atoms with Crippen LogP contribution in [0, 0.1) is 5.41 Å². The van der Waals surface area contributed by atoms with Crippen molar-refractivity contribution in [3.05, 3.63) is 0 Å². The molecule has 0 radical (unpaired) electrons. The Labute approximate surface area is 124 Å². The number of hydrogen-bond acceptors (Lipinski definition) is 4. The maximum atomic E-state index is 12.0. The van der Waals surface area contributed by atoms with Crippen LogP contribution in [-0.2, 0) is 9.53 Å². The van der Waals surface area contributed by atoms with Crippen molar-refractivity contribution in [2.75, 3.05) is 11.5 Å². The van der Waals surface area contributed by atoms with E-state index in [0.717, 1.165) is 5.75 Å². The predicted molar refractivity (Wildman–Crippen MR) is 80.1 cm³/mol. The molecule has 1 atom stereocenters. The molecular formula is C14H25NO4S. The number of hydrogen-bond donors (Lipinski definition) is 2. The van der Waals surface area contributed by atoms with Gasteiger partial charge in [-0.2, -0.15) is 11.8 Å². The Morgan fingerprint density at radius 3 is 2.35 bits per heavy atom. The highest BCUT2D eigenvalue weighted by Gasteiger charge is 2.43. The second-order valence-electron chi connectivity index (χ2n) is 7.31. The van der Waals surface area contributed by atoms with E-state index in [0.29, 0.717) is 12.2 Å². The Morgan fingerprint density at radius 2 is 1.90 bits per heavy atom. The Balaban J connectivity index is 2.84. The lowest BCUT2D eigenvalue weighted by Crippen LogP contribution is -2.57. The van der Waals surface area contributed by atoms with Crippen LogP contribution in [0.3, 0.4) is 0 Å². The minimum atomic E-state index is -0.903. The number of carbonyl (C=O) groups is 2. The largest absolute Gasteiger partial charge is 0.481 e. The van der Waals surface area contributed by atoms with E-state index in [2.05, 4.69) is 19.2 Å². The number of carbonyl (C=O) groups excluding carboxylic acids is 1. The zero-order valence-electron chi connectivity index (χ0n) is 12.9. The number of rotatable bonds is 3. The van der Waals surface area contributed by atoms with E-state index in [1.54, 1.807) is 32.5 Å². The second kappa shape index (κ2) is 5.84. The number of nitrogens with one attached hydrogen (secondary N) is 1. The molecular weight excluding hydrogens is 278 g/mol. The average Bonchev–Trinajstić information content (AvgIpc) is 2.08. The third kappa shape index (κ3) is 5.61. The van der Waals surface area contributed by atoms with Gasteiger partial charge in [0.2, 0.25) is 0 Å². The fourth-order valence-electron chi connectivity index (χ4n) is 2.59. The molecule has 0 spiro atoms. The highest BCUT2D eigenvalue weighted by atomic mass is 32.2. The van der Waals surface area contributed by atoms with Crippen LogP contribution >= 0.6 is 11.8 Å². The fraction of sp³-hybridized carbons (Fsp3) is 0.857. The molecule has 0 aromatic carbocycles. The Kier molecular flexibility index (Phi) is 5.00. The zero-order valence-corrected chi connectivity index (χ0v) is 13.7. The molecule has 0 saturated carbocycles. The first kappa shape index (κ1) is 17.1. The van der Waals surface area contributed by atoms with Gasteiger partial charge in [-0.05, 0) is 38.4 Å². The molecule has 1 fully saturated rings. The number of alkyl carbamates (subject to hydrolysis) is 1. The van der Waals surface area contributed by atoms with Crippen LogP contribution in [0.1, 0.15) is 47.5 Å². The van der Waals surface area contributed by atoms with Crippen LogP contribution in [0.2, 0.25) is 0 Å². The maximum absolute atomic E-state index is 12.0. The van der Waals surface area contributed by atoms with Crippen molar-refractivity contribution in [3.8, 4) is 0 Å². The molecule has 1 aliphatic rings. The molecule has 116 valence electrons. The molecule has 1 aliphatic heterocycles. The topological polar surface area (TPSA) is 75.6 Å². The monoisotopic (exact) mass is 303 g/mol. The molecule has 0 bridgehead atoms. The van der Waals surface area contributed by atoms with Crippen molar-refractivity contribution in [1.82, 2.24) is 5.32 Å². The van der Waals surface area contributed by atoms with Crippen LogP contribution in [-0.4, -0.2) is 39.8 Å². The maximum Gasteiger partial charge on any atom is 0.408 e.